The Morgan fingerprint density at radius 1 is 1.60 bits per heavy atom. The molecule has 0 unspecified atom stereocenters. The lowest BCUT2D eigenvalue weighted by Gasteiger charge is -1.90. The van der Waals surface area contributed by atoms with Gasteiger partial charge in [-0.3, -0.25) is 0 Å². The fourth-order valence-corrected chi connectivity index (χ4v) is 0.892. The first kappa shape index (κ1) is 7.38. The number of oxazole rings is 1. The molecule has 1 aromatic heterocycles. The lowest BCUT2D eigenvalue weighted by atomic mass is 10.0. The van der Waals surface area contributed by atoms with E-state index in [0.29, 0.717) is 11.5 Å². The standard InChI is InChI=1S/C7H10BNO/c1-3-4-6-7(8)9-5(2)10-6/h3-4H2,1-2H3. The van der Waals surface area contributed by atoms with Crippen LogP contribution in [0, 0.1) is 6.92 Å². The second-order valence-corrected chi connectivity index (χ2v) is 2.29. The number of hydrogen-bond acceptors (Lipinski definition) is 2. The SMILES string of the molecule is [B]c1nc(C)oc1CCC. The second kappa shape index (κ2) is 2.91. The van der Waals surface area contributed by atoms with Crippen LogP contribution >= 0.6 is 0 Å². The summed E-state index contributed by atoms with van der Waals surface area (Å²) in [6, 6.07) is 0. The van der Waals surface area contributed by atoms with Gasteiger partial charge in [-0.25, -0.2) is 4.98 Å². The van der Waals surface area contributed by atoms with Gasteiger partial charge < -0.3 is 4.42 Å². The van der Waals surface area contributed by atoms with Crippen molar-refractivity contribution < 1.29 is 4.42 Å². The highest BCUT2D eigenvalue weighted by molar-refractivity contribution is 6.31. The van der Waals surface area contributed by atoms with Gasteiger partial charge in [0.1, 0.15) is 13.6 Å². The van der Waals surface area contributed by atoms with Gasteiger partial charge in [-0.2, -0.15) is 0 Å². The Bertz CT molecular complexity index is 219. The van der Waals surface area contributed by atoms with Gasteiger partial charge in [0.25, 0.3) is 0 Å². The van der Waals surface area contributed by atoms with Crippen molar-refractivity contribution in [3.63, 3.8) is 0 Å². The van der Waals surface area contributed by atoms with Gasteiger partial charge in [-0.15, -0.1) is 0 Å². The third kappa shape index (κ3) is 1.41. The zero-order valence-electron chi connectivity index (χ0n) is 6.35. The van der Waals surface area contributed by atoms with Crippen molar-refractivity contribution in [3.8, 4) is 0 Å². The van der Waals surface area contributed by atoms with E-state index in [4.69, 9.17) is 12.3 Å². The third-order valence-corrected chi connectivity index (χ3v) is 1.31. The number of aryl methyl sites for hydroxylation is 2. The molecular weight excluding hydrogens is 125 g/mol. The van der Waals surface area contributed by atoms with E-state index >= 15 is 0 Å². The van der Waals surface area contributed by atoms with Gasteiger partial charge in [-0.1, -0.05) is 6.92 Å². The molecule has 10 heavy (non-hydrogen) atoms. The fraction of sp³-hybridized carbons (Fsp3) is 0.571. The molecule has 0 aliphatic rings. The van der Waals surface area contributed by atoms with Crippen LogP contribution < -0.4 is 5.59 Å². The van der Waals surface area contributed by atoms with E-state index in [9.17, 15) is 0 Å². The predicted molar refractivity (Wildman–Crippen MR) is 40.6 cm³/mol. The van der Waals surface area contributed by atoms with Crippen LogP contribution in [0.5, 0.6) is 0 Å². The van der Waals surface area contributed by atoms with E-state index in [-0.39, 0.29) is 0 Å². The quantitative estimate of drug-likeness (QED) is 0.558. The zero-order valence-corrected chi connectivity index (χ0v) is 6.35. The summed E-state index contributed by atoms with van der Waals surface area (Å²) in [5.41, 5.74) is 0.541. The molecule has 0 spiro atoms. The second-order valence-electron chi connectivity index (χ2n) is 2.29. The van der Waals surface area contributed by atoms with Crippen molar-refractivity contribution in [2.24, 2.45) is 0 Å². The monoisotopic (exact) mass is 135 g/mol. The highest BCUT2D eigenvalue weighted by Gasteiger charge is 2.02. The molecule has 1 rings (SSSR count). The van der Waals surface area contributed by atoms with Gasteiger partial charge in [0, 0.05) is 18.9 Å². The molecule has 0 atom stereocenters. The van der Waals surface area contributed by atoms with E-state index < -0.39 is 0 Å². The number of hydrogen-bond donors (Lipinski definition) is 0. The summed E-state index contributed by atoms with van der Waals surface area (Å²) in [7, 11) is 5.52. The largest absolute Gasteiger partial charge is 0.447 e. The molecule has 0 bridgehead atoms. The smallest absolute Gasteiger partial charge is 0.190 e. The summed E-state index contributed by atoms with van der Waals surface area (Å²) < 4.78 is 5.22. The van der Waals surface area contributed by atoms with Crippen LogP contribution in [-0.2, 0) is 6.42 Å². The molecule has 0 N–H and O–H groups in total. The van der Waals surface area contributed by atoms with Gasteiger partial charge >= 0.3 is 0 Å². The molecule has 0 fully saturated rings. The summed E-state index contributed by atoms with van der Waals surface area (Å²) in [5.74, 6) is 1.47. The lowest BCUT2D eigenvalue weighted by Crippen LogP contribution is -2.08. The Morgan fingerprint density at radius 3 is 2.70 bits per heavy atom. The van der Waals surface area contributed by atoms with Crippen molar-refractivity contribution in [1.29, 1.82) is 0 Å². The minimum atomic E-state index is 0.541. The van der Waals surface area contributed by atoms with Crippen LogP contribution in [0.3, 0.4) is 0 Å². The molecule has 0 saturated carbocycles. The molecule has 1 aromatic rings. The first-order chi connectivity index (χ1) is 4.74. The maximum Gasteiger partial charge on any atom is 0.190 e. The minimum Gasteiger partial charge on any atom is -0.447 e. The van der Waals surface area contributed by atoms with Crippen LogP contribution in [0.15, 0.2) is 4.42 Å². The van der Waals surface area contributed by atoms with Crippen molar-refractivity contribution in [3.05, 3.63) is 11.7 Å². The Hall–Kier alpha value is -0.725. The van der Waals surface area contributed by atoms with Crippen LogP contribution in [-0.4, -0.2) is 12.8 Å². The van der Waals surface area contributed by atoms with Crippen LogP contribution in [0.4, 0.5) is 0 Å². The highest BCUT2D eigenvalue weighted by atomic mass is 16.4. The molecule has 0 saturated heterocycles. The van der Waals surface area contributed by atoms with Crippen molar-refractivity contribution in [2.75, 3.05) is 0 Å². The van der Waals surface area contributed by atoms with Crippen molar-refractivity contribution in [2.45, 2.75) is 26.7 Å². The van der Waals surface area contributed by atoms with E-state index in [1.807, 2.05) is 0 Å². The van der Waals surface area contributed by atoms with Crippen molar-refractivity contribution >= 4 is 13.4 Å². The average molecular weight is 135 g/mol. The van der Waals surface area contributed by atoms with Gasteiger partial charge in [0.2, 0.25) is 0 Å². The average Bonchev–Trinajstić information content (AvgIpc) is 2.13. The fourth-order valence-electron chi connectivity index (χ4n) is 0.892. The highest BCUT2D eigenvalue weighted by Crippen LogP contribution is 2.01. The Morgan fingerprint density at radius 2 is 2.30 bits per heavy atom. The third-order valence-electron chi connectivity index (χ3n) is 1.31. The number of rotatable bonds is 2. The van der Waals surface area contributed by atoms with Crippen LogP contribution in [0.2, 0.25) is 0 Å². The lowest BCUT2D eigenvalue weighted by molar-refractivity contribution is 0.474. The maximum absolute atomic E-state index is 5.52. The normalized spacial score (nSPS) is 10.2. The van der Waals surface area contributed by atoms with E-state index in [2.05, 4.69) is 11.9 Å². The molecule has 0 amide bonds. The molecule has 0 aliphatic heterocycles. The zero-order chi connectivity index (χ0) is 7.56. The summed E-state index contributed by atoms with van der Waals surface area (Å²) >= 11 is 0. The van der Waals surface area contributed by atoms with Gasteiger partial charge in [0.05, 0.1) is 0 Å². The summed E-state index contributed by atoms with van der Waals surface area (Å²) in [5, 5.41) is 0. The molecule has 52 valence electrons. The topological polar surface area (TPSA) is 26.0 Å². The summed E-state index contributed by atoms with van der Waals surface area (Å²) in [4.78, 5) is 3.94. The Balaban J connectivity index is 2.81. The first-order valence-electron chi connectivity index (χ1n) is 3.45. The van der Waals surface area contributed by atoms with E-state index in [1.54, 1.807) is 6.92 Å². The van der Waals surface area contributed by atoms with E-state index in [0.717, 1.165) is 18.6 Å². The first-order valence-corrected chi connectivity index (χ1v) is 3.45. The number of aromatic nitrogens is 1. The summed E-state index contributed by atoms with van der Waals surface area (Å²) in [6.45, 7) is 3.88. The number of nitrogens with zero attached hydrogens (tertiary/aromatic N) is 1. The van der Waals surface area contributed by atoms with Crippen molar-refractivity contribution in [1.82, 2.24) is 4.98 Å². The molecule has 0 aromatic carbocycles. The molecule has 2 radical (unpaired) electrons. The van der Waals surface area contributed by atoms with E-state index in [1.165, 1.54) is 0 Å². The minimum absolute atomic E-state index is 0.541. The predicted octanol–water partition coefficient (Wildman–Crippen LogP) is 0.729. The Kier molecular flexibility index (Phi) is 2.15. The summed E-state index contributed by atoms with van der Waals surface area (Å²) in [6.07, 6.45) is 1.92. The Labute approximate surface area is 62.1 Å². The van der Waals surface area contributed by atoms with Gasteiger partial charge in [-0.05, 0) is 6.42 Å². The van der Waals surface area contributed by atoms with Crippen LogP contribution in [0.25, 0.3) is 0 Å². The molecule has 0 aliphatic carbocycles. The molecule has 1 heterocycles. The maximum atomic E-state index is 5.52. The molecule has 2 nitrogen and oxygen atoms in total. The molecular formula is C7H10BNO. The van der Waals surface area contributed by atoms with Crippen LogP contribution in [0.1, 0.15) is 25.0 Å². The van der Waals surface area contributed by atoms with Gasteiger partial charge in [0.15, 0.2) is 5.89 Å². The molecule has 3 heteroatoms.